The maximum atomic E-state index is 12.5. The zero-order chi connectivity index (χ0) is 13.7. The Morgan fingerprint density at radius 3 is 2.85 bits per heavy atom. The van der Waals surface area contributed by atoms with Gasteiger partial charge in [0, 0.05) is 22.9 Å². The number of Topliss-reactive ketones (excluding diaryl/α,β-unsaturated/α-hetero) is 2. The number of thiophene rings is 1. The Kier molecular flexibility index (Phi) is 2.51. The van der Waals surface area contributed by atoms with Crippen LogP contribution in [0.4, 0.5) is 0 Å². The SMILES string of the molecule is O=C1CCCC2(C1)CC(=O)c1sc3ccccc3c1O2. The number of carbonyl (C=O) groups excluding carboxylic acids is 2. The van der Waals surface area contributed by atoms with Crippen LogP contribution in [-0.2, 0) is 4.79 Å². The van der Waals surface area contributed by atoms with Gasteiger partial charge >= 0.3 is 0 Å². The molecular formula is C16H14O3S. The van der Waals surface area contributed by atoms with Crippen LogP contribution in [-0.4, -0.2) is 17.2 Å². The molecule has 2 aromatic rings. The van der Waals surface area contributed by atoms with Gasteiger partial charge in [0.05, 0.1) is 6.42 Å². The molecular weight excluding hydrogens is 272 g/mol. The molecule has 1 aromatic heterocycles. The molecule has 0 N–H and O–H groups in total. The first-order chi connectivity index (χ1) is 9.67. The summed E-state index contributed by atoms with van der Waals surface area (Å²) in [5, 5.41) is 0.998. The molecule has 2 heterocycles. The number of ketones is 2. The lowest BCUT2D eigenvalue weighted by atomic mass is 9.79. The third-order valence-corrected chi connectivity index (χ3v) is 5.40. The average molecular weight is 286 g/mol. The van der Waals surface area contributed by atoms with E-state index in [0.717, 1.165) is 27.8 Å². The van der Waals surface area contributed by atoms with Crippen LogP contribution in [0.25, 0.3) is 10.1 Å². The number of rotatable bonds is 0. The zero-order valence-electron chi connectivity index (χ0n) is 11.0. The molecule has 0 bridgehead atoms. The summed E-state index contributed by atoms with van der Waals surface area (Å²) in [7, 11) is 0. The van der Waals surface area contributed by atoms with E-state index in [1.807, 2.05) is 24.3 Å². The molecule has 1 atom stereocenters. The minimum atomic E-state index is -0.580. The maximum absolute atomic E-state index is 12.5. The van der Waals surface area contributed by atoms with Gasteiger partial charge in [-0.1, -0.05) is 12.1 Å². The third-order valence-electron chi connectivity index (χ3n) is 4.21. The van der Waals surface area contributed by atoms with Crippen molar-refractivity contribution in [3.63, 3.8) is 0 Å². The van der Waals surface area contributed by atoms with E-state index in [4.69, 9.17) is 4.74 Å². The number of ether oxygens (including phenoxy) is 1. The van der Waals surface area contributed by atoms with Crippen LogP contribution in [0, 0.1) is 0 Å². The van der Waals surface area contributed by atoms with Crippen molar-refractivity contribution < 1.29 is 14.3 Å². The first-order valence-corrected chi connectivity index (χ1v) is 7.74. The van der Waals surface area contributed by atoms with Crippen molar-refractivity contribution in [2.24, 2.45) is 0 Å². The summed E-state index contributed by atoms with van der Waals surface area (Å²) in [6.45, 7) is 0. The van der Waals surface area contributed by atoms with Crippen molar-refractivity contribution in [1.29, 1.82) is 0 Å². The zero-order valence-corrected chi connectivity index (χ0v) is 11.8. The predicted octanol–water partition coefficient (Wildman–Crippen LogP) is 3.75. The highest BCUT2D eigenvalue weighted by Gasteiger charge is 2.45. The lowest BCUT2D eigenvalue weighted by Crippen LogP contribution is -2.45. The molecule has 0 amide bonds. The van der Waals surface area contributed by atoms with Gasteiger partial charge in [-0.15, -0.1) is 11.3 Å². The fourth-order valence-corrected chi connectivity index (χ4v) is 4.38. The van der Waals surface area contributed by atoms with Gasteiger partial charge in [-0.2, -0.15) is 0 Å². The first-order valence-electron chi connectivity index (χ1n) is 6.92. The Labute approximate surface area is 120 Å². The van der Waals surface area contributed by atoms with E-state index < -0.39 is 5.60 Å². The number of hydrogen-bond acceptors (Lipinski definition) is 4. The van der Waals surface area contributed by atoms with E-state index in [0.29, 0.717) is 25.0 Å². The molecule has 1 fully saturated rings. The van der Waals surface area contributed by atoms with Gasteiger partial charge in [0.25, 0.3) is 0 Å². The maximum Gasteiger partial charge on any atom is 0.180 e. The minimum Gasteiger partial charge on any atom is -0.484 e. The summed E-state index contributed by atoms with van der Waals surface area (Å²) in [6, 6.07) is 7.92. The highest BCUT2D eigenvalue weighted by Crippen LogP contribution is 2.47. The molecule has 1 saturated carbocycles. The summed E-state index contributed by atoms with van der Waals surface area (Å²) in [5.41, 5.74) is -0.580. The number of carbonyl (C=O) groups is 2. The van der Waals surface area contributed by atoms with Crippen LogP contribution in [0.3, 0.4) is 0 Å². The molecule has 1 aliphatic heterocycles. The summed E-state index contributed by atoms with van der Waals surface area (Å²) in [6.07, 6.45) is 2.97. The number of fused-ring (bicyclic) bond motifs is 3. The second-order valence-electron chi connectivity index (χ2n) is 5.71. The lowest BCUT2D eigenvalue weighted by molar-refractivity contribution is -0.126. The Hall–Kier alpha value is -1.68. The second kappa shape index (κ2) is 4.16. The van der Waals surface area contributed by atoms with E-state index >= 15 is 0 Å². The van der Waals surface area contributed by atoms with Crippen LogP contribution in [0.5, 0.6) is 5.75 Å². The quantitative estimate of drug-likeness (QED) is 0.741. The highest BCUT2D eigenvalue weighted by atomic mass is 32.1. The molecule has 1 spiro atoms. The fraction of sp³-hybridized carbons (Fsp3) is 0.375. The van der Waals surface area contributed by atoms with Gasteiger partial charge in [-0.05, 0) is 25.0 Å². The molecule has 3 nitrogen and oxygen atoms in total. The predicted molar refractivity (Wildman–Crippen MR) is 77.6 cm³/mol. The van der Waals surface area contributed by atoms with Crippen molar-refractivity contribution in [1.82, 2.24) is 0 Å². The highest BCUT2D eigenvalue weighted by molar-refractivity contribution is 7.21. The van der Waals surface area contributed by atoms with Crippen LogP contribution in [0.2, 0.25) is 0 Å². The minimum absolute atomic E-state index is 0.127. The molecule has 1 aliphatic carbocycles. The standard InChI is InChI=1S/C16H14O3S/c17-10-4-3-7-16(8-10)9-12(18)15-14(19-16)11-5-1-2-6-13(11)20-15/h1-2,5-6H,3-4,7-9H2. The Morgan fingerprint density at radius 1 is 1.15 bits per heavy atom. The van der Waals surface area contributed by atoms with Crippen molar-refractivity contribution >= 4 is 33.0 Å². The summed E-state index contributed by atoms with van der Waals surface area (Å²) >= 11 is 1.50. The average Bonchev–Trinajstić information content (AvgIpc) is 2.78. The van der Waals surface area contributed by atoms with E-state index in [1.165, 1.54) is 11.3 Å². The monoisotopic (exact) mass is 286 g/mol. The Balaban J connectivity index is 1.85. The van der Waals surface area contributed by atoms with Crippen molar-refractivity contribution in [2.75, 3.05) is 0 Å². The normalized spacial score (nSPS) is 25.8. The van der Waals surface area contributed by atoms with E-state index in [9.17, 15) is 9.59 Å². The molecule has 102 valence electrons. The Bertz CT molecular complexity index is 730. The summed E-state index contributed by atoms with van der Waals surface area (Å²) < 4.78 is 7.30. The van der Waals surface area contributed by atoms with Crippen LogP contribution in [0.1, 0.15) is 41.8 Å². The van der Waals surface area contributed by atoms with Crippen LogP contribution in [0.15, 0.2) is 24.3 Å². The Morgan fingerprint density at radius 2 is 2.00 bits per heavy atom. The smallest absolute Gasteiger partial charge is 0.180 e. The lowest BCUT2D eigenvalue weighted by Gasteiger charge is -2.39. The summed E-state index contributed by atoms with van der Waals surface area (Å²) in [4.78, 5) is 24.9. The van der Waals surface area contributed by atoms with Crippen molar-refractivity contribution in [3.05, 3.63) is 29.1 Å². The molecule has 20 heavy (non-hydrogen) atoms. The third kappa shape index (κ3) is 1.71. The van der Waals surface area contributed by atoms with Gasteiger partial charge in [0.1, 0.15) is 22.0 Å². The molecule has 1 unspecified atom stereocenters. The van der Waals surface area contributed by atoms with Gasteiger partial charge < -0.3 is 4.74 Å². The first kappa shape index (κ1) is 12.1. The molecule has 0 radical (unpaired) electrons. The van der Waals surface area contributed by atoms with E-state index in [2.05, 4.69) is 0 Å². The number of hydrogen-bond donors (Lipinski definition) is 0. The van der Waals surface area contributed by atoms with Crippen LogP contribution >= 0.6 is 11.3 Å². The number of benzene rings is 1. The van der Waals surface area contributed by atoms with Gasteiger partial charge in [0.2, 0.25) is 0 Å². The van der Waals surface area contributed by atoms with E-state index in [-0.39, 0.29) is 11.6 Å². The van der Waals surface area contributed by atoms with Crippen LogP contribution < -0.4 is 4.74 Å². The molecule has 4 heteroatoms. The molecule has 4 rings (SSSR count). The largest absolute Gasteiger partial charge is 0.484 e. The van der Waals surface area contributed by atoms with Gasteiger partial charge in [-0.3, -0.25) is 9.59 Å². The molecule has 1 aromatic carbocycles. The topological polar surface area (TPSA) is 43.4 Å². The summed E-state index contributed by atoms with van der Waals surface area (Å²) in [5.74, 6) is 1.05. The van der Waals surface area contributed by atoms with Gasteiger partial charge in [0.15, 0.2) is 5.78 Å². The second-order valence-corrected chi connectivity index (χ2v) is 6.76. The molecule has 2 aliphatic rings. The van der Waals surface area contributed by atoms with E-state index in [1.54, 1.807) is 0 Å². The molecule has 0 saturated heterocycles. The van der Waals surface area contributed by atoms with Crippen molar-refractivity contribution in [3.8, 4) is 5.75 Å². The van der Waals surface area contributed by atoms with Crippen molar-refractivity contribution in [2.45, 2.75) is 37.7 Å². The van der Waals surface area contributed by atoms with Gasteiger partial charge in [-0.25, -0.2) is 0 Å². The fourth-order valence-electron chi connectivity index (χ4n) is 3.31.